The maximum absolute atomic E-state index is 13.2. The lowest BCUT2D eigenvalue weighted by Gasteiger charge is -2.11. The lowest BCUT2D eigenvalue weighted by Crippen LogP contribution is -2.19. The van der Waals surface area contributed by atoms with Crippen molar-refractivity contribution in [1.29, 1.82) is 0 Å². The number of nitrogens with zero attached hydrogens (tertiary/aromatic N) is 2. The molecule has 6 nitrogen and oxygen atoms in total. The fourth-order valence-corrected chi connectivity index (χ4v) is 3.88. The lowest BCUT2D eigenvalue weighted by atomic mass is 10.0. The van der Waals surface area contributed by atoms with E-state index in [9.17, 15) is 4.79 Å². The molecule has 6 heteroatoms. The SMILES string of the molecule is CCOc1ccc(-c2cc(C(=O)NN=CC(C)c3ccc(OCC(C)C)cc3)c3ccccc3n2)cc1. The summed E-state index contributed by atoms with van der Waals surface area (Å²) in [6.45, 7) is 9.52. The highest BCUT2D eigenvalue weighted by Crippen LogP contribution is 2.26. The van der Waals surface area contributed by atoms with Crippen LogP contribution in [-0.4, -0.2) is 30.3 Å². The second-order valence-corrected chi connectivity index (χ2v) is 9.31. The van der Waals surface area contributed by atoms with Crippen LogP contribution in [0.2, 0.25) is 0 Å². The van der Waals surface area contributed by atoms with Gasteiger partial charge in [0.15, 0.2) is 0 Å². The zero-order valence-corrected chi connectivity index (χ0v) is 21.8. The number of nitrogens with one attached hydrogen (secondary N) is 1. The Kier molecular flexibility index (Phi) is 8.52. The summed E-state index contributed by atoms with van der Waals surface area (Å²) in [5.41, 5.74) is 6.67. The third kappa shape index (κ3) is 6.73. The number of hydrogen-bond donors (Lipinski definition) is 1. The van der Waals surface area contributed by atoms with Crippen LogP contribution in [0.25, 0.3) is 22.2 Å². The summed E-state index contributed by atoms with van der Waals surface area (Å²) in [6, 6.07) is 25.1. The molecule has 0 saturated heterocycles. The van der Waals surface area contributed by atoms with E-state index in [-0.39, 0.29) is 11.8 Å². The fraction of sp³-hybridized carbons (Fsp3) is 0.258. The van der Waals surface area contributed by atoms with Gasteiger partial charge in [-0.3, -0.25) is 4.79 Å². The van der Waals surface area contributed by atoms with E-state index >= 15 is 0 Å². The highest BCUT2D eigenvalue weighted by molar-refractivity contribution is 6.07. The van der Waals surface area contributed by atoms with Gasteiger partial charge in [0.05, 0.1) is 30.0 Å². The smallest absolute Gasteiger partial charge is 0.272 e. The molecule has 0 saturated carbocycles. The molecule has 1 aromatic heterocycles. The summed E-state index contributed by atoms with van der Waals surface area (Å²) >= 11 is 0. The first-order valence-corrected chi connectivity index (χ1v) is 12.6. The van der Waals surface area contributed by atoms with Crippen molar-refractivity contribution in [2.45, 2.75) is 33.6 Å². The summed E-state index contributed by atoms with van der Waals surface area (Å²) in [4.78, 5) is 18.0. The van der Waals surface area contributed by atoms with Gasteiger partial charge in [-0.2, -0.15) is 5.10 Å². The molecule has 1 N–H and O–H groups in total. The molecule has 0 radical (unpaired) electrons. The van der Waals surface area contributed by atoms with Crippen molar-refractivity contribution in [3.63, 3.8) is 0 Å². The summed E-state index contributed by atoms with van der Waals surface area (Å²) in [7, 11) is 0. The average molecular weight is 496 g/mol. The van der Waals surface area contributed by atoms with Gasteiger partial charge in [-0.05, 0) is 66.9 Å². The van der Waals surface area contributed by atoms with Crippen molar-refractivity contribution < 1.29 is 14.3 Å². The van der Waals surface area contributed by atoms with E-state index in [4.69, 9.17) is 14.5 Å². The van der Waals surface area contributed by atoms with E-state index in [2.05, 4.69) is 24.4 Å². The Labute approximate surface area is 218 Å². The van der Waals surface area contributed by atoms with Crippen LogP contribution < -0.4 is 14.9 Å². The largest absolute Gasteiger partial charge is 0.494 e. The Morgan fingerprint density at radius 1 is 0.946 bits per heavy atom. The highest BCUT2D eigenvalue weighted by atomic mass is 16.5. The molecule has 1 atom stereocenters. The number of hydrazone groups is 1. The van der Waals surface area contributed by atoms with Crippen molar-refractivity contribution in [1.82, 2.24) is 10.4 Å². The number of para-hydroxylation sites is 1. The second-order valence-electron chi connectivity index (χ2n) is 9.31. The average Bonchev–Trinajstić information content (AvgIpc) is 2.92. The summed E-state index contributed by atoms with van der Waals surface area (Å²) in [5.74, 6) is 1.86. The molecule has 3 aromatic carbocycles. The fourth-order valence-electron chi connectivity index (χ4n) is 3.88. The molecule has 0 aliphatic heterocycles. The van der Waals surface area contributed by atoms with Crippen molar-refractivity contribution >= 4 is 23.0 Å². The third-order valence-electron chi connectivity index (χ3n) is 5.88. The number of benzene rings is 3. The molecule has 0 fully saturated rings. The van der Waals surface area contributed by atoms with E-state index < -0.39 is 0 Å². The van der Waals surface area contributed by atoms with Crippen molar-refractivity contribution in [2.24, 2.45) is 11.0 Å². The Balaban J connectivity index is 1.49. The number of aromatic nitrogens is 1. The molecule has 0 aliphatic rings. The molecular weight excluding hydrogens is 462 g/mol. The third-order valence-corrected chi connectivity index (χ3v) is 5.88. The summed E-state index contributed by atoms with van der Waals surface area (Å²) in [5, 5.41) is 5.03. The zero-order chi connectivity index (χ0) is 26.2. The maximum atomic E-state index is 13.2. The standard InChI is InChI=1S/C31H33N3O3/c1-5-36-25-16-12-24(13-17-25)30-18-28(27-8-6-7-9-29(27)33-30)31(35)34-32-19-22(4)23-10-14-26(15-11-23)37-20-21(2)3/h6-19,21-22H,5,20H2,1-4H3,(H,34,35). The summed E-state index contributed by atoms with van der Waals surface area (Å²) in [6.07, 6.45) is 1.73. The van der Waals surface area contributed by atoms with Crippen LogP contribution >= 0.6 is 0 Å². The number of amides is 1. The topological polar surface area (TPSA) is 72.8 Å². The van der Waals surface area contributed by atoms with Crippen LogP contribution in [0, 0.1) is 5.92 Å². The predicted molar refractivity (Wildman–Crippen MR) is 149 cm³/mol. The van der Waals surface area contributed by atoms with Crippen LogP contribution in [0.1, 0.15) is 49.5 Å². The molecule has 1 heterocycles. The van der Waals surface area contributed by atoms with Crippen LogP contribution in [0.3, 0.4) is 0 Å². The Bertz CT molecular complexity index is 1360. The number of hydrogen-bond acceptors (Lipinski definition) is 5. The minimum Gasteiger partial charge on any atom is -0.494 e. The number of carbonyl (C=O) groups excluding carboxylic acids is 1. The van der Waals surface area contributed by atoms with Crippen LogP contribution in [0.4, 0.5) is 0 Å². The van der Waals surface area contributed by atoms with Crippen LogP contribution in [0.5, 0.6) is 11.5 Å². The number of ether oxygens (including phenoxy) is 2. The van der Waals surface area contributed by atoms with Gasteiger partial charge in [0, 0.05) is 23.1 Å². The predicted octanol–water partition coefficient (Wildman–Crippen LogP) is 6.85. The summed E-state index contributed by atoms with van der Waals surface area (Å²) < 4.78 is 11.3. The van der Waals surface area contributed by atoms with Gasteiger partial charge >= 0.3 is 0 Å². The molecule has 190 valence electrons. The molecule has 37 heavy (non-hydrogen) atoms. The number of fused-ring (bicyclic) bond motifs is 1. The van der Waals surface area contributed by atoms with Crippen molar-refractivity contribution in [3.05, 3.63) is 90.0 Å². The van der Waals surface area contributed by atoms with E-state index in [1.165, 1.54) is 0 Å². The molecule has 4 aromatic rings. The highest BCUT2D eigenvalue weighted by Gasteiger charge is 2.14. The first-order valence-electron chi connectivity index (χ1n) is 12.6. The number of carbonyl (C=O) groups is 1. The first kappa shape index (κ1) is 25.9. The van der Waals surface area contributed by atoms with Crippen LogP contribution in [0.15, 0.2) is 84.0 Å². The lowest BCUT2D eigenvalue weighted by molar-refractivity contribution is 0.0956. The van der Waals surface area contributed by atoms with Gasteiger partial charge in [-0.25, -0.2) is 10.4 Å². The second kappa shape index (κ2) is 12.2. The molecule has 1 unspecified atom stereocenters. The minimum atomic E-state index is -0.285. The number of rotatable bonds is 10. The van der Waals surface area contributed by atoms with Gasteiger partial charge in [0.1, 0.15) is 11.5 Å². The monoisotopic (exact) mass is 495 g/mol. The Morgan fingerprint density at radius 2 is 1.62 bits per heavy atom. The van der Waals surface area contributed by atoms with E-state index in [1.807, 2.05) is 92.7 Å². The maximum Gasteiger partial charge on any atom is 0.272 e. The van der Waals surface area contributed by atoms with Gasteiger partial charge in [-0.15, -0.1) is 0 Å². The zero-order valence-electron chi connectivity index (χ0n) is 21.8. The van der Waals surface area contributed by atoms with Gasteiger partial charge < -0.3 is 9.47 Å². The quantitative estimate of drug-likeness (QED) is 0.193. The van der Waals surface area contributed by atoms with Crippen molar-refractivity contribution in [2.75, 3.05) is 13.2 Å². The molecular formula is C31H33N3O3. The van der Waals surface area contributed by atoms with E-state index in [0.29, 0.717) is 30.4 Å². The Hall–Kier alpha value is -4.19. The Morgan fingerprint density at radius 3 is 2.32 bits per heavy atom. The first-order chi connectivity index (χ1) is 17.9. The normalized spacial score (nSPS) is 12.1. The molecule has 4 rings (SSSR count). The van der Waals surface area contributed by atoms with Crippen LogP contribution in [-0.2, 0) is 0 Å². The van der Waals surface area contributed by atoms with Crippen molar-refractivity contribution in [3.8, 4) is 22.8 Å². The van der Waals surface area contributed by atoms with Gasteiger partial charge in [0.25, 0.3) is 5.91 Å². The van der Waals surface area contributed by atoms with Gasteiger partial charge in [0.2, 0.25) is 0 Å². The molecule has 0 aliphatic carbocycles. The molecule has 0 spiro atoms. The molecule has 1 amide bonds. The minimum absolute atomic E-state index is 0.0213. The van der Waals surface area contributed by atoms with E-state index in [1.54, 1.807) is 6.21 Å². The number of pyridine rings is 1. The molecule has 0 bridgehead atoms. The van der Waals surface area contributed by atoms with Gasteiger partial charge in [-0.1, -0.05) is 51.1 Å². The van der Waals surface area contributed by atoms with E-state index in [0.717, 1.165) is 33.5 Å².